The van der Waals surface area contributed by atoms with Gasteiger partial charge in [-0.15, -0.1) is 11.6 Å². The number of methoxy groups -OCH3 is 1. The quantitative estimate of drug-likeness (QED) is 0.693. The number of halogens is 1. The van der Waals surface area contributed by atoms with Crippen LogP contribution < -0.4 is 4.74 Å². The van der Waals surface area contributed by atoms with Crippen molar-refractivity contribution >= 4 is 11.6 Å². The summed E-state index contributed by atoms with van der Waals surface area (Å²) in [7, 11) is 1.68. The molecule has 0 aliphatic carbocycles. The maximum Gasteiger partial charge on any atom is 0.118 e. The number of ether oxygens (including phenoxy) is 1. The second-order valence-electron chi connectivity index (χ2n) is 4.28. The smallest absolute Gasteiger partial charge is 0.118 e. The number of rotatable bonds is 5. The minimum atomic E-state index is 0.235. The van der Waals surface area contributed by atoms with Crippen LogP contribution in [0.15, 0.2) is 24.3 Å². The fraction of sp³-hybridized carbons (Fsp3) is 0.538. The molecule has 0 amide bonds. The molecule has 15 heavy (non-hydrogen) atoms. The van der Waals surface area contributed by atoms with Crippen LogP contribution in [0.4, 0.5) is 0 Å². The van der Waals surface area contributed by atoms with Crippen molar-refractivity contribution in [2.75, 3.05) is 7.11 Å². The first kappa shape index (κ1) is 12.4. The van der Waals surface area contributed by atoms with Crippen LogP contribution in [0.3, 0.4) is 0 Å². The van der Waals surface area contributed by atoms with Crippen LogP contribution in [0, 0.1) is 5.92 Å². The van der Waals surface area contributed by atoms with Crippen LogP contribution in [-0.4, -0.2) is 12.5 Å². The highest BCUT2D eigenvalue weighted by atomic mass is 35.5. The molecular weight excluding hydrogens is 208 g/mol. The molecule has 84 valence electrons. The lowest BCUT2D eigenvalue weighted by Gasteiger charge is -2.12. The Balaban J connectivity index is 2.49. The summed E-state index contributed by atoms with van der Waals surface area (Å²) in [5.74, 6) is 1.56. The Morgan fingerprint density at radius 1 is 1.20 bits per heavy atom. The van der Waals surface area contributed by atoms with E-state index in [2.05, 4.69) is 26.0 Å². The third-order valence-corrected chi connectivity index (χ3v) is 2.68. The molecule has 0 saturated heterocycles. The highest BCUT2D eigenvalue weighted by Crippen LogP contribution is 2.18. The fourth-order valence-corrected chi connectivity index (χ4v) is 2.15. The van der Waals surface area contributed by atoms with Gasteiger partial charge >= 0.3 is 0 Å². The number of hydrogen-bond acceptors (Lipinski definition) is 1. The standard InChI is InChI=1S/C13H19ClO/c1-10(2)8-12(14)9-11-4-6-13(15-3)7-5-11/h4-7,10,12H,8-9H2,1-3H3. The Labute approximate surface area is 97.4 Å². The lowest BCUT2D eigenvalue weighted by molar-refractivity contribution is 0.414. The van der Waals surface area contributed by atoms with E-state index in [4.69, 9.17) is 16.3 Å². The Hall–Kier alpha value is -0.690. The van der Waals surface area contributed by atoms with Gasteiger partial charge in [0.05, 0.1) is 7.11 Å². The molecule has 0 bridgehead atoms. The number of hydrogen-bond donors (Lipinski definition) is 0. The van der Waals surface area contributed by atoms with E-state index in [9.17, 15) is 0 Å². The third-order valence-electron chi connectivity index (χ3n) is 2.34. The van der Waals surface area contributed by atoms with Gasteiger partial charge in [-0.05, 0) is 36.5 Å². The zero-order valence-electron chi connectivity index (χ0n) is 9.66. The second kappa shape index (κ2) is 6.02. The highest BCUT2D eigenvalue weighted by Gasteiger charge is 2.08. The topological polar surface area (TPSA) is 9.23 Å². The van der Waals surface area contributed by atoms with Crippen molar-refractivity contribution in [2.45, 2.75) is 32.1 Å². The van der Waals surface area contributed by atoms with E-state index in [0.29, 0.717) is 5.92 Å². The van der Waals surface area contributed by atoms with E-state index in [-0.39, 0.29) is 5.38 Å². The van der Waals surface area contributed by atoms with Gasteiger partial charge < -0.3 is 4.74 Å². The van der Waals surface area contributed by atoms with Crippen molar-refractivity contribution in [3.63, 3.8) is 0 Å². The first-order valence-electron chi connectivity index (χ1n) is 5.38. The van der Waals surface area contributed by atoms with E-state index in [0.717, 1.165) is 18.6 Å². The van der Waals surface area contributed by atoms with Gasteiger partial charge in [-0.1, -0.05) is 26.0 Å². The lowest BCUT2D eigenvalue weighted by atomic mass is 10.0. The van der Waals surface area contributed by atoms with Crippen molar-refractivity contribution in [3.8, 4) is 5.75 Å². The van der Waals surface area contributed by atoms with E-state index in [1.54, 1.807) is 7.11 Å². The van der Waals surface area contributed by atoms with Crippen LogP contribution in [0.5, 0.6) is 5.75 Å². The maximum absolute atomic E-state index is 6.25. The molecule has 1 nitrogen and oxygen atoms in total. The van der Waals surface area contributed by atoms with Crippen molar-refractivity contribution in [2.24, 2.45) is 5.92 Å². The van der Waals surface area contributed by atoms with Crippen LogP contribution in [-0.2, 0) is 6.42 Å². The van der Waals surface area contributed by atoms with Crippen molar-refractivity contribution in [3.05, 3.63) is 29.8 Å². The second-order valence-corrected chi connectivity index (χ2v) is 4.90. The molecule has 2 heteroatoms. The zero-order chi connectivity index (χ0) is 11.3. The predicted octanol–water partition coefficient (Wildman–Crippen LogP) is 3.89. The highest BCUT2D eigenvalue weighted by molar-refractivity contribution is 6.20. The summed E-state index contributed by atoms with van der Waals surface area (Å²) in [6.07, 6.45) is 2.00. The maximum atomic E-state index is 6.25. The fourth-order valence-electron chi connectivity index (χ4n) is 1.61. The van der Waals surface area contributed by atoms with Gasteiger partial charge in [-0.25, -0.2) is 0 Å². The molecule has 1 aromatic rings. The molecule has 0 spiro atoms. The molecular formula is C13H19ClO. The van der Waals surface area contributed by atoms with Crippen LogP contribution >= 0.6 is 11.6 Å². The van der Waals surface area contributed by atoms with E-state index < -0.39 is 0 Å². The number of benzene rings is 1. The van der Waals surface area contributed by atoms with Gasteiger partial charge in [-0.3, -0.25) is 0 Å². The first-order chi connectivity index (χ1) is 7.11. The normalized spacial score (nSPS) is 12.9. The van der Waals surface area contributed by atoms with Crippen molar-refractivity contribution < 1.29 is 4.74 Å². The van der Waals surface area contributed by atoms with Crippen LogP contribution in [0.2, 0.25) is 0 Å². The summed E-state index contributed by atoms with van der Waals surface area (Å²) in [6.45, 7) is 4.40. The largest absolute Gasteiger partial charge is 0.497 e. The van der Waals surface area contributed by atoms with E-state index in [1.807, 2.05) is 12.1 Å². The third kappa shape index (κ3) is 4.57. The van der Waals surface area contributed by atoms with Gasteiger partial charge in [0.2, 0.25) is 0 Å². The molecule has 1 unspecified atom stereocenters. The Morgan fingerprint density at radius 2 is 1.80 bits per heavy atom. The summed E-state index contributed by atoms with van der Waals surface area (Å²) in [4.78, 5) is 0. The minimum absolute atomic E-state index is 0.235. The van der Waals surface area contributed by atoms with E-state index in [1.165, 1.54) is 5.56 Å². The number of alkyl halides is 1. The summed E-state index contributed by atoms with van der Waals surface area (Å²) < 4.78 is 5.11. The Morgan fingerprint density at radius 3 is 2.27 bits per heavy atom. The van der Waals surface area contributed by atoms with Gasteiger partial charge in [-0.2, -0.15) is 0 Å². The molecule has 1 aromatic carbocycles. The van der Waals surface area contributed by atoms with Crippen LogP contribution in [0.25, 0.3) is 0 Å². The summed E-state index contributed by atoms with van der Waals surface area (Å²) >= 11 is 6.25. The molecule has 0 aromatic heterocycles. The Kier molecular flexibility index (Phi) is 4.97. The Bertz CT molecular complexity index is 279. The summed E-state index contributed by atoms with van der Waals surface area (Å²) in [5.41, 5.74) is 1.27. The molecule has 0 saturated carbocycles. The van der Waals surface area contributed by atoms with Gasteiger partial charge in [0.1, 0.15) is 5.75 Å². The lowest BCUT2D eigenvalue weighted by Crippen LogP contribution is -2.06. The molecule has 0 N–H and O–H groups in total. The molecule has 1 rings (SSSR count). The van der Waals surface area contributed by atoms with E-state index >= 15 is 0 Å². The minimum Gasteiger partial charge on any atom is -0.497 e. The molecule has 0 fully saturated rings. The molecule has 0 heterocycles. The van der Waals surface area contributed by atoms with Crippen molar-refractivity contribution in [1.29, 1.82) is 0 Å². The predicted molar refractivity (Wildman–Crippen MR) is 65.8 cm³/mol. The average Bonchev–Trinajstić information content (AvgIpc) is 2.17. The monoisotopic (exact) mass is 226 g/mol. The molecule has 0 radical (unpaired) electrons. The van der Waals surface area contributed by atoms with Crippen molar-refractivity contribution in [1.82, 2.24) is 0 Å². The average molecular weight is 227 g/mol. The van der Waals surface area contributed by atoms with Gasteiger partial charge in [0, 0.05) is 5.38 Å². The van der Waals surface area contributed by atoms with Gasteiger partial charge in [0.25, 0.3) is 0 Å². The summed E-state index contributed by atoms with van der Waals surface area (Å²) in [6, 6.07) is 8.12. The van der Waals surface area contributed by atoms with Gasteiger partial charge in [0.15, 0.2) is 0 Å². The SMILES string of the molecule is COc1ccc(CC(Cl)CC(C)C)cc1. The molecule has 0 aliphatic rings. The molecule has 1 atom stereocenters. The first-order valence-corrected chi connectivity index (χ1v) is 5.82. The van der Waals surface area contributed by atoms with Crippen LogP contribution in [0.1, 0.15) is 25.8 Å². The summed E-state index contributed by atoms with van der Waals surface area (Å²) in [5, 5.41) is 0.235. The zero-order valence-corrected chi connectivity index (χ0v) is 10.4. The molecule has 0 aliphatic heterocycles.